The zero-order chi connectivity index (χ0) is 17.4. The Morgan fingerprint density at radius 1 is 1.17 bits per heavy atom. The van der Waals surface area contributed by atoms with Crippen molar-refractivity contribution < 1.29 is 13.9 Å². The number of halogens is 2. The summed E-state index contributed by atoms with van der Waals surface area (Å²) < 4.78 is 11.5. The minimum Gasteiger partial charge on any atom is -0.460 e. The number of carbonyl (C=O) groups is 1. The number of furan rings is 1. The number of carbonyl (C=O) groups excluding carboxylic acids is 1. The predicted molar refractivity (Wildman–Crippen MR) is 94.8 cm³/mol. The van der Waals surface area contributed by atoms with Gasteiger partial charge in [-0.1, -0.05) is 23.2 Å². The lowest BCUT2D eigenvalue weighted by molar-refractivity contribution is -0.0586. The fourth-order valence-electron chi connectivity index (χ4n) is 3.03. The second kappa shape index (κ2) is 6.79. The Balaban J connectivity index is 1.91. The van der Waals surface area contributed by atoms with Crippen molar-refractivity contribution in [1.29, 1.82) is 0 Å². The van der Waals surface area contributed by atoms with E-state index in [1.54, 1.807) is 36.1 Å². The first-order valence-corrected chi connectivity index (χ1v) is 8.61. The van der Waals surface area contributed by atoms with Crippen LogP contribution >= 0.6 is 23.2 Å². The Hall–Kier alpha value is -1.49. The third-order valence-electron chi connectivity index (χ3n) is 4.05. The van der Waals surface area contributed by atoms with Crippen LogP contribution in [0.5, 0.6) is 0 Å². The van der Waals surface area contributed by atoms with Crippen LogP contribution in [0.25, 0.3) is 11.3 Å². The summed E-state index contributed by atoms with van der Waals surface area (Å²) in [5, 5.41) is 1.09. The molecule has 24 heavy (non-hydrogen) atoms. The summed E-state index contributed by atoms with van der Waals surface area (Å²) in [6.45, 7) is 6.86. The van der Waals surface area contributed by atoms with Gasteiger partial charge in [0.2, 0.25) is 0 Å². The highest BCUT2D eigenvalue weighted by Gasteiger charge is 2.29. The monoisotopic (exact) mass is 367 g/mol. The number of nitrogens with zero attached hydrogens (tertiary/aromatic N) is 1. The van der Waals surface area contributed by atoms with Crippen molar-refractivity contribution in [3.05, 3.63) is 45.6 Å². The van der Waals surface area contributed by atoms with E-state index in [0.29, 0.717) is 45.8 Å². The number of rotatable bonds is 2. The van der Waals surface area contributed by atoms with Crippen LogP contribution in [0.4, 0.5) is 0 Å². The molecule has 1 aliphatic rings. The highest BCUT2D eigenvalue weighted by Crippen LogP contribution is 2.33. The molecule has 2 heterocycles. The largest absolute Gasteiger partial charge is 0.460 e. The van der Waals surface area contributed by atoms with Gasteiger partial charge in [-0.15, -0.1) is 0 Å². The van der Waals surface area contributed by atoms with E-state index in [2.05, 4.69) is 0 Å². The average molecular weight is 368 g/mol. The molecule has 6 heteroatoms. The minimum absolute atomic E-state index is 0.0201. The van der Waals surface area contributed by atoms with Crippen molar-refractivity contribution in [2.75, 3.05) is 13.1 Å². The van der Waals surface area contributed by atoms with Gasteiger partial charge in [0.15, 0.2) is 0 Å². The van der Waals surface area contributed by atoms with Gasteiger partial charge in [0.1, 0.15) is 11.5 Å². The molecule has 0 N–H and O–H groups in total. The molecule has 0 saturated carbocycles. The van der Waals surface area contributed by atoms with E-state index in [-0.39, 0.29) is 18.1 Å². The predicted octanol–water partition coefficient (Wildman–Crippen LogP) is 4.81. The Morgan fingerprint density at radius 2 is 1.83 bits per heavy atom. The van der Waals surface area contributed by atoms with Gasteiger partial charge in [-0.3, -0.25) is 4.79 Å². The summed E-state index contributed by atoms with van der Waals surface area (Å²) in [6, 6.07) is 6.89. The summed E-state index contributed by atoms with van der Waals surface area (Å²) in [7, 11) is 0. The first-order valence-electron chi connectivity index (χ1n) is 7.85. The second-order valence-corrected chi connectivity index (χ2v) is 7.02. The Morgan fingerprint density at radius 3 is 2.50 bits per heavy atom. The summed E-state index contributed by atoms with van der Waals surface area (Å²) in [5.74, 6) is 1.05. The van der Waals surface area contributed by atoms with Crippen LogP contribution < -0.4 is 0 Å². The van der Waals surface area contributed by atoms with Crippen molar-refractivity contribution in [1.82, 2.24) is 4.90 Å². The Kier molecular flexibility index (Phi) is 4.90. The van der Waals surface area contributed by atoms with Gasteiger partial charge in [-0.2, -0.15) is 0 Å². The summed E-state index contributed by atoms with van der Waals surface area (Å²) in [4.78, 5) is 14.7. The smallest absolute Gasteiger partial charge is 0.257 e. The topological polar surface area (TPSA) is 42.7 Å². The molecule has 2 atom stereocenters. The molecule has 2 aromatic rings. The molecule has 2 unspecified atom stereocenters. The maximum atomic E-state index is 12.9. The van der Waals surface area contributed by atoms with E-state index in [1.807, 2.05) is 13.8 Å². The molecule has 1 aromatic carbocycles. The number of hydrogen-bond acceptors (Lipinski definition) is 3. The fraction of sp³-hybridized carbons (Fsp3) is 0.389. The van der Waals surface area contributed by atoms with Gasteiger partial charge in [0.25, 0.3) is 5.91 Å². The third-order valence-corrected chi connectivity index (χ3v) is 4.61. The summed E-state index contributed by atoms with van der Waals surface area (Å²) in [5.41, 5.74) is 1.22. The molecule has 0 aliphatic carbocycles. The summed E-state index contributed by atoms with van der Waals surface area (Å²) >= 11 is 12.3. The van der Waals surface area contributed by atoms with E-state index < -0.39 is 0 Å². The molecule has 1 fully saturated rings. The number of benzene rings is 1. The lowest BCUT2D eigenvalue weighted by Crippen LogP contribution is -2.48. The van der Waals surface area contributed by atoms with Crippen LogP contribution in [0.15, 0.2) is 28.7 Å². The molecular formula is C18H19Cl2NO3. The van der Waals surface area contributed by atoms with Crippen LogP contribution in [0.2, 0.25) is 10.0 Å². The zero-order valence-electron chi connectivity index (χ0n) is 13.8. The van der Waals surface area contributed by atoms with E-state index in [0.717, 1.165) is 0 Å². The molecule has 128 valence electrons. The Labute approximate surface area is 151 Å². The average Bonchev–Trinajstić information content (AvgIpc) is 2.89. The first-order chi connectivity index (χ1) is 11.3. The molecule has 0 radical (unpaired) electrons. The molecule has 1 aromatic heterocycles. The van der Waals surface area contributed by atoms with Gasteiger partial charge >= 0.3 is 0 Å². The molecule has 1 amide bonds. The highest BCUT2D eigenvalue weighted by atomic mass is 35.5. The van der Waals surface area contributed by atoms with Crippen molar-refractivity contribution in [3.63, 3.8) is 0 Å². The van der Waals surface area contributed by atoms with Crippen molar-refractivity contribution in [2.24, 2.45) is 0 Å². The molecule has 3 rings (SSSR count). The van der Waals surface area contributed by atoms with Crippen LogP contribution in [-0.2, 0) is 4.74 Å². The second-order valence-electron chi connectivity index (χ2n) is 6.17. The molecule has 0 spiro atoms. The van der Waals surface area contributed by atoms with Crippen molar-refractivity contribution in [3.8, 4) is 11.3 Å². The van der Waals surface area contributed by atoms with Gasteiger partial charge in [0, 0.05) is 23.7 Å². The number of hydrogen-bond donors (Lipinski definition) is 0. The third kappa shape index (κ3) is 3.46. The van der Waals surface area contributed by atoms with Gasteiger partial charge < -0.3 is 14.1 Å². The van der Waals surface area contributed by atoms with Crippen LogP contribution in [0.3, 0.4) is 0 Å². The minimum atomic E-state index is -0.0531. The molecule has 1 aliphatic heterocycles. The lowest BCUT2D eigenvalue weighted by atomic mass is 10.1. The summed E-state index contributed by atoms with van der Waals surface area (Å²) in [6.07, 6.45) is 0.0403. The van der Waals surface area contributed by atoms with E-state index >= 15 is 0 Å². The van der Waals surface area contributed by atoms with E-state index in [4.69, 9.17) is 32.4 Å². The van der Waals surface area contributed by atoms with E-state index in [9.17, 15) is 4.79 Å². The number of morpholine rings is 1. The standard InChI is InChI=1S/C18H19Cl2NO3/c1-10-8-21(9-11(2)23-10)18(22)14-7-17(24-12(14)3)15-6-13(19)4-5-16(15)20/h4-7,10-11H,8-9H2,1-3H3. The van der Waals surface area contributed by atoms with Crippen LogP contribution in [0.1, 0.15) is 30.0 Å². The molecule has 0 bridgehead atoms. The quantitative estimate of drug-likeness (QED) is 0.764. The van der Waals surface area contributed by atoms with Crippen molar-refractivity contribution >= 4 is 29.1 Å². The maximum absolute atomic E-state index is 12.9. The van der Waals surface area contributed by atoms with Crippen molar-refractivity contribution in [2.45, 2.75) is 33.0 Å². The highest BCUT2D eigenvalue weighted by molar-refractivity contribution is 6.35. The normalized spacial score (nSPS) is 21.1. The lowest BCUT2D eigenvalue weighted by Gasteiger charge is -2.35. The zero-order valence-corrected chi connectivity index (χ0v) is 15.3. The van der Waals surface area contributed by atoms with Gasteiger partial charge in [0.05, 0.1) is 22.8 Å². The van der Waals surface area contributed by atoms with Crippen LogP contribution in [-0.4, -0.2) is 36.1 Å². The van der Waals surface area contributed by atoms with Gasteiger partial charge in [-0.05, 0) is 45.0 Å². The Bertz CT molecular complexity index is 762. The number of amides is 1. The van der Waals surface area contributed by atoms with E-state index in [1.165, 1.54) is 0 Å². The van der Waals surface area contributed by atoms with Gasteiger partial charge in [-0.25, -0.2) is 0 Å². The fourth-order valence-corrected chi connectivity index (χ4v) is 3.41. The molecule has 1 saturated heterocycles. The van der Waals surface area contributed by atoms with Crippen LogP contribution in [0, 0.1) is 6.92 Å². The molecular weight excluding hydrogens is 349 g/mol. The maximum Gasteiger partial charge on any atom is 0.257 e. The first kappa shape index (κ1) is 17.3. The number of ether oxygens (including phenoxy) is 1. The SMILES string of the molecule is Cc1oc(-c2cc(Cl)ccc2Cl)cc1C(=O)N1CC(C)OC(C)C1. The number of aryl methyl sites for hydroxylation is 1. The molecule has 4 nitrogen and oxygen atoms in total.